The van der Waals surface area contributed by atoms with Crippen LogP contribution in [0.25, 0.3) is 0 Å². The van der Waals surface area contributed by atoms with Crippen LogP contribution < -0.4 is 0 Å². The summed E-state index contributed by atoms with van der Waals surface area (Å²) in [5.74, 6) is 36.2. The normalized spacial score (nSPS) is 9.90. The summed E-state index contributed by atoms with van der Waals surface area (Å²) >= 11 is 0. The second-order valence-electron chi connectivity index (χ2n) is 10.0. The van der Waals surface area contributed by atoms with Crippen LogP contribution in [0.1, 0.15) is 79.0 Å². The van der Waals surface area contributed by atoms with Crippen molar-refractivity contribution in [1.82, 2.24) is 0 Å². The first kappa shape index (κ1) is 24.6. The molecule has 0 heteroatoms. The quantitative estimate of drug-likeness (QED) is 0.485. The summed E-state index contributed by atoms with van der Waals surface area (Å²) in [6.07, 6.45) is 0. The molecule has 0 nitrogen and oxygen atoms in total. The van der Waals surface area contributed by atoms with Gasteiger partial charge in [-0.3, -0.25) is 0 Å². The molecule has 0 aromatic heterocycles. The van der Waals surface area contributed by atoms with Gasteiger partial charge in [0.05, 0.1) is 0 Å². The Hall–Kier alpha value is -3.42. The summed E-state index contributed by atoms with van der Waals surface area (Å²) in [5.41, 5.74) is 2.24. The molecule has 0 fully saturated rings. The van der Waals surface area contributed by atoms with Gasteiger partial charge in [-0.2, -0.15) is 0 Å². The predicted octanol–water partition coefficient (Wildman–Crippen LogP) is 5.89. The predicted molar refractivity (Wildman–Crippen MR) is 129 cm³/mol. The van der Waals surface area contributed by atoms with Crippen LogP contribution in [0.2, 0.25) is 0 Å². The van der Waals surface area contributed by atoms with Crippen molar-refractivity contribution in [2.45, 2.75) is 62.3 Å². The van der Waals surface area contributed by atoms with Gasteiger partial charge in [-0.1, -0.05) is 35.5 Å². The fourth-order valence-corrected chi connectivity index (χ4v) is 1.81. The van der Waals surface area contributed by atoms with Crippen molar-refractivity contribution in [3.63, 3.8) is 0 Å². The highest BCUT2D eigenvalue weighted by Gasteiger charge is 2.04. The molecule has 0 radical (unpaired) electrons. The molecule has 0 amide bonds. The van der Waals surface area contributed by atoms with Crippen molar-refractivity contribution >= 4 is 0 Å². The van der Waals surface area contributed by atoms with Crippen LogP contribution in [0, 0.1) is 87.3 Å². The lowest BCUT2D eigenvalue weighted by atomic mass is 9.98. The Kier molecular flexibility index (Phi) is 8.52. The zero-order valence-electron chi connectivity index (χ0n) is 19.7. The lowest BCUT2D eigenvalue weighted by Gasteiger charge is -2.05. The maximum atomic E-state index is 3.12. The second-order valence-corrected chi connectivity index (χ2v) is 10.0. The molecule has 0 heterocycles. The van der Waals surface area contributed by atoms with E-state index >= 15 is 0 Å². The minimum atomic E-state index is -0.0733. The summed E-state index contributed by atoms with van der Waals surface area (Å²) in [7, 11) is 0. The molecule has 0 bridgehead atoms. The second kappa shape index (κ2) is 10.4. The molecule has 1 aromatic carbocycles. The van der Waals surface area contributed by atoms with E-state index in [0.29, 0.717) is 0 Å². The molecule has 0 N–H and O–H groups in total. The molecule has 0 atom stereocenters. The maximum Gasteiger partial charge on any atom is 0.0280 e. The minimum Gasteiger partial charge on any atom is -0.0832 e. The molecular formula is C30H30. The van der Waals surface area contributed by atoms with Crippen molar-refractivity contribution in [1.29, 1.82) is 0 Å². The molecule has 0 spiro atoms. The smallest absolute Gasteiger partial charge is 0.0280 e. The summed E-state index contributed by atoms with van der Waals surface area (Å²) in [6.45, 7) is 18.5. The van der Waals surface area contributed by atoms with Crippen molar-refractivity contribution in [2.24, 2.45) is 16.2 Å². The Morgan fingerprint density at radius 2 is 0.633 bits per heavy atom. The Balaban J connectivity index is 3.34. The van der Waals surface area contributed by atoms with Gasteiger partial charge in [0.2, 0.25) is 0 Å². The van der Waals surface area contributed by atoms with Crippen LogP contribution in [0.4, 0.5) is 0 Å². The van der Waals surface area contributed by atoms with Gasteiger partial charge >= 0.3 is 0 Å². The SMILES string of the molecule is CC(C)(C)C#CC#Cc1cc(C#CC#CC(C)(C)C)cc(C#CC#CC(C)(C)C)c1. The fourth-order valence-electron chi connectivity index (χ4n) is 1.81. The Morgan fingerprint density at radius 3 is 0.833 bits per heavy atom. The summed E-state index contributed by atoms with van der Waals surface area (Å²) in [4.78, 5) is 0. The zero-order chi connectivity index (χ0) is 22.8. The van der Waals surface area contributed by atoms with E-state index in [1.54, 1.807) is 0 Å². The number of hydrogen-bond acceptors (Lipinski definition) is 0. The monoisotopic (exact) mass is 390 g/mol. The van der Waals surface area contributed by atoms with Crippen molar-refractivity contribution in [3.8, 4) is 71.0 Å². The molecule has 0 aliphatic heterocycles. The number of benzene rings is 1. The average Bonchev–Trinajstić information content (AvgIpc) is 2.57. The topological polar surface area (TPSA) is 0 Å². The minimum absolute atomic E-state index is 0.0733. The fraction of sp³-hybridized carbons (Fsp3) is 0.400. The average molecular weight is 391 g/mol. The van der Waals surface area contributed by atoms with E-state index in [1.807, 2.05) is 18.2 Å². The van der Waals surface area contributed by atoms with Gasteiger partial charge in [-0.15, -0.1) is 0 Å². The molecule has 1 rings (SSSR count). The van der Waals surface area contributed by atoms with E-state index in [1.165, 1.54) is 0 Å². The summed E-state index contributed by atoms with van der Waals surface area (Å²) < 4.78 is 0. The van der Waals surface area contributed by atoms with E-state index in [2.05, 4.69) is 133 Å². The maximum absolute atomic E-state index is 3.12. The third-order valence-electron chi connectivity index (χ3n) is 3.05. The van der Waals surface area contributed by atoms with Crippen molar-refractivity contribution < 1.29 is 0 Å². The van der Waals surface area contributed by atoms with E-state index < -0.39 is 0 Å². The highest BCUT2D eigenvalue weighted by Crippen LogP contribution is 2.11. The van der Waals surface area contributed by atoms with E-state index in [4.69, 9.17) is 0 Å². The van der Waals surface area contributed by atoms with Crippen LogP contribution in [-0.4, -0.2) is 0 Å². The first-order chi connectivity index (χ1) is 13.7. The molecule has 0 saturated carbocycles. The zero-order valence-corrected chi connectivity index (χ0v) is 19.7. The summed E-state index contributed by atoms with van der Waals surface area (Å²) in [5, 5.41) is 0. The highest BCUT2D eigenvalue weighted by molar-refractivity contribution is 5.54. The lowest BCUT2D eigenvalue weighted by molar-refractivity contribution is 0.571. The van der Waals surface area contributed by atoms with Gasteiger partial charge in [-0.05, 0) is 116 Å². The van der Waals surface area contributed by atoms with E-state index in [9.17, 15) is 0 Å². The van der Waals surface area contributed by atoms with Gasteiger partial charge in [0.25, 0.3) is 0 Å². The molecular weight excluding hydrogens is 360 g/mol. The number of hydrogen-bond donors (Lipinski definition) is 0. The Labute approximate surface area is 184 Å². The van der Waals surface area contributed by atoms with Gasteiger partial charge in [0, 0.05) is 32.9 Å². The molecule has 0 saturated heterocycles. The van der Waals surface area contributed by atoms with Crippen molar-refractivity contribution in [3.05, 3.63) is 34.9 Å². The first-order valence-electron chi connectivity index (χ1n) is 9.98. The van der Waals surface area contributed by atoms with Gasteiger partial charge < -0.3 is 0 Å². The Morgan fingerprint density at radius 1 is 0.400 bits per heavy atom. The van der Waals surface area contributed by atoms with Crippen LogP contribution in [-0.2, 0) is 0 Å². The third kappa shape index (κ3) is 12.9. The largest absolute Gasteiger partial charge is 0.0832 e. The van der Waals surface area contributed by atoms with Gasteiger partial charge in [0.15, 0.2) is 0 Å². The Bertz CT molecular complexity index is 980. The summed E-state index contributed by atoms with van der Waals surface area (Å²) in [6, 6.07) is 5.80. The molecule has 150 valence electrons. The van der Waals surface area contributed by atoms with Crippen LogP contribution in [0.5, 0.6) is 0 Å². The standard InChI is InChI=1S/C30H30/c1-28(2,3)19-13-10-16-25-22-26(17-11-14-20-29(4,5)6)24-27(23-25)18-12-15-21-30(7,8)9/h22-24H,1-9H3. The lowest BCUT2D eigenvalue weighted by Crippen LogP contribution is -1.98. The molecule has 1 aromatic rings. The van der Waals surface area contributed by atoms with Gasteiger partial charge in [0.1, 0.15) is 0 Å². The highest BCUT2D eigenvalue weighted by atomic mass is 14.1. The van der Waals surface area contributed by atoms with Crippen LogP contribution >= 0.6 is 0 Å². The molecule has 0 aliphatic rings. The van der Waals surface area contributed by atoms with Crippen LogP contribution in [0.3, 0.4) is 0 Å². The van der Waals surface area contributed by atoms with Crippen LogP contribution in [0.15, 0.2) is 18.2 Å². The third-order valence-corrected chi connectivity index (χ3v) is 3.05. The molecule has 0 unspecified atom stereocenters. The van der Waals surface area contributed by atoms with Gasteiger partial charge in [-0.25, -0.2) is 0 Å². The first-order valence-corrected chi connectivity index (χ1v) is 9.98. The molecule has 30 heavy (non-hydrogen) atoms. The van der Waals surface area contributed by atoms with Crippen molar-refractivity contribution in [2.75, 3.05) is 0 Å². The number of rotatable bonds is 0. The van der Waals surface area contributed by atoms with E-state index in [-0.39, 0.29) is 16.2 Å². The van der Waals surface area contributed by atoms with E-state index in [0.717, 1.165) is 16.7 Å². The molecule has 0 aliphatic carbocycles.